The zero-order valence-corrected chi connectivity index (χ0v) is 14.2. The highest BCUT2D eigenvalue weighted by molar-refractivity contribution is 7.89. The second-order valence-electron chi connectivity index (χ2n) is 6.24. The molecule has 0 atom stereocenters. The molecule has 0 saturated carbocycles. The fourth-order valence-corrected chi connectivity index (χ4v) is 3.48. The van der Waals surface area contributed by atoms with Crippen LogP contribution in [0.1, 0.15) is 24.8 Å². The average Bonchev–Trinajstić information content (AvgIpc) is 2.45. The number of piperidine rings is 1. The predicted molar refractivity (Wildman–Crippen MR) is 89.2 cm³/mol. The molecule has 22 heavy (non-hydrogen) atoms. The highest BCUT2D eigenvalue weighted by Gasteiger charge is 2.15. The first-order chi connectivity index (χ1) is 10.4. The molecule has 0 bridgehead atoms. The minimum atomic E-state index is -2.98. The highest BCUT2D eigenvalue weighted by atomic mass is 32.2. The van der Waals surface area contributed by atoms with Crippen LogP contribution in [0.3, 0.4) is 0 Å². The summed E-state index contributed by atoms with van der Waals surface area (Å²) in [5.74, 6) is 0.841. The van der Waals surface area contributed by atoms with Gasteiger partial charge < -0.3 is 4.90 Å². The van der Waals surface area contributed by atoms with Crippen LogP contribution in [-0.2, 0) is 15.6 Å². The Morgan fingerprint density at radius 1 is 1.18 bits per heavy atom. The highest BCUT2D eigenvalue weighted by Crippen LogP contribution is 2.20. The van der Waals surface area contributed by atoms with E-state index in [0.29, 0.717) is 0 Å². The third-order valence-electron chi connectivity index (χ3n) is 4.03. The first kappa shape index (κ1) is 17.1. The number of sulfone groups is 1. The topological polar surface area (TPSA) is 62.1 Å². The Kier molecular flexibility index (Phi) is 6.08. The Bertz CT molecular complexity index is 588. The lowest BCUT2D eigenvalue weighted by atomic mass is 9.94. The molecular formula is C16H25N3O2S. The lowest BCUT2D eigenvalue weighted by molar-refractivity contribution is 0.214. The third-order valence-corrected chi connectivity index (χ3v) is 4.88. The van der Waals surface area contributed by atoms with Crippen molar-refractivity contribution in [1.29, 1.82) is 0 Å². The lowest BCUT2D eigenvalue weighted by Crippen LogP contribution is -2.30. The molecule has 2 rings (SSSR count). The van der Waals surface area contributed by atoms with Gasteiger partial charge in [0.1, 0.15) is 0 Å². The number of hydrogen-bond acceptors (Lipinski definition) is 5. The van der Waals surface area contributed by atoms with Gasteiger partial charge in [-0.25, -0.2) is 8.42 Å². The molecule has 1 fully saturated rings. The largest absolute Gasteiger partial charge is 0.306 e. The maximum atomic E-state index is 11.2. The molecule has 0 N–H and O–H groups in total. The summed E-state index contributed by atoms with van der Waals surface area (Å²) in [4.78, 5) is 2.37. The second kappa shape index (κ2) is 7.83. The van der Waals surface area contributed by atoms with Gasteiger partial charge in [-0.1, -0.05) is 12.1 Å². The van der Waals surface area contributed by atoms with Crippen LogP contribution in [0.25, 0.3) is 0 Å². The van der Waals surface area contributed by atoms with E-state index in [4.69, 9.17) is 0 Å². The fourth-order valence-electron chi connectivity index (χ4n) is 2.68. The summed E-state index contributed by atoms with van der Waals surface area (Å²) in [6, 6.07) is 7.23. The molecule has 1 aromatic carbocycles. The molecule has 0 aliphatic carbocycles. The number of hydrogen-bond donors (Lipinski definition) is 0. The van der Waals surface area contributed by atoms with E-state index in [2.05, 4.69) is 22.2 Å². The van der Waals surface area contributed by atoms with Crippen LogP contribution in [-0.4, -0.2) is 46.3 Å². The molecular weight excluding hydrogens is 298 g/mol. The van der Waals surface area contributed by atoms with Crippen LogP contribution in [0.4, 0.5) is 5.69 Å². The minimum Gasteiger partial charge on any atom is -0.306 e. The van der Waals surface area contributed by atoms with Crippen molar-refractivity contribution < 1.29 is 8.42 Å². The van der Waals surface area contributed by atoms with Crippen LogP contribution >= 0.6 is 0 Å². The van der Waals surface area contributed by atoms with E-state index >= 15 is 0 Å². The smallest absolute Gasteiger partial charge is 0.151 e. The summed E-state index contributed by atoms with van der Waals surface area (Å²) in [6.45, 7) is 3.13. The SMILES string of the molecule is CN1CCC(CCN=Nc2ccc(CS(C)(=O)=O)cc2)CC1. The third kappa shape index (κ3) is 6.23. The van der Waals surface area contributed by atoms with Crippen molar-refractivity contribution in [2.45, 2.75) is 25.0 Å². The summed E-state index contributed by atoms with van der Waals surface area (Å²) in [5.41, 5.74) is 1.56. The summed E-state index contributed by atoms with van der Waals surface area (Å²) in [7, 11) is -0.815. The van der Waals surface area contributed by atoms with Crippen LogP contribution in [0.2, 0.25) is 0 Å². The molecule has 0 amide bonds. The quantitative estimate of drug-likeness (QED) is 0.756. The lowest BCUT2D eigenvalue weighted by Gasteiger charge is -2.28. The van der Waals surface area contributed by atoms with Crippen LogP contribution in [0.15, 0.2) is 34.5 Å². The zero-order chi connectivity index (χ0) is 16.0. The molecule has 0 aromatic heterocycles. The molecule has 1 saturated heterocycles. The molecule has 5 nitrogen and oxygen atoms in total. The molecule has 0 radical (unpaired) electrons. The zero-order valence-electron chi connectivity index (χ0n) is 13.4. The maximum Gasteiger partial charge on any atom is 0.151 e. The Morgan fingerprint density at radius 3 is 2.41 bits per heavy atom. The summed E-state index contributed by atoms with van der Waals surface area (Å²) in [6.07, 6.45) is 4.85. The average molecular weight is 323 g/mol. The van der Waals surface area contributed by atoms with Crippen molar-refractivity contribution in [3.63, 3.8) is 0 Å². The Morgan fingerprint density at radius 2 is 1.82 bits per heavy atom. The van der Waals surface area contributed by atoms with Crippen molar-refractivity contribution in [2.24, 2.45) is 16.1 Å². The first-order valence-electron chi connectivity index (χ1n) is 7.75. The molecule has 122 valence electrons. The molecule has 6 heteroatoms. The maximum absolute atomic E-state index is 11.2. The predicted octanol–water partition coefficient (Wildman–Crippen LogP) is 3.05. The Hall–Kier alpha value is -1.27. The van der Waals surface area contributed by atoms with Gasteiger partial charge in [-0.15, -0.1) is 0 Å². The van der Waals surface area contributed by atoms with Gasteiger partial charge in [-0.05, 0) is 63.0 Å². The fraction of sp³-hybridized carbons (Fsp3) is 0.625. The van der Waals surface area contributed by atoms with Crippen LogP contribution in [0, 0.1) is 5.92 Å². The monoisotopic (exact) mass is 323 g/mol. The number of likely N-dealkylation sites (tertiary alicyclic amines) is 1. The Labute approximate surface area is 133 Å². The standard InChI is InChI=1S/C16H25N3O2S/c1-19-11-8-14(9-12-19)7-10-17-18-16-5-3-15(4-6-16)13-22(2,20)21/h3-6,14H,7-13H2,1-2H3. The van der Waals surface area contributed by atoms with Gasteiger partial charge in [-0.2, -0.15) is 10.2 Å². The van der Waals surface area contributed by atoms with Crippen molar-refractivity contribution >= 4 is 15.5 Å². The van der Waals surface area contributed by atoms with Crippen LogP contribution < -0.4 is 0 Å². The first-order valence-corrected chi connectivity index (χ1v) is 9.81. The van der Waals surface area contributed by atoms with Crippen molar-refractivity contribution in [2.75, 3.05) is 32.9 Å². The van der Waals surface area contributed by atoms with Gasteiger partial charge in [0.2, 0.25) is 0 Å². The van der Waals surface area contributed by atoms with Gasteiger partial charge in [0, 0.05) is 6.26 Å². The minimum absolute atomic E-state index is 0.0700. The summed E-state index contributed by atoms with van der Waals surface area (Å²) >= 11 is 0. The molecule has 1 heterocycles. The molecule has 0 unspecified atom stereocenters. The molecule has 1 aromatic rings. The van der Waals surface area contributed by atoms with Crippen LogP contribution in [0.5, 0.6) is 0 Å². The van der Waals surface area contributed by atoms with Gasteiger partial charge in [0.25, 0.3) is 0 Å². The number of benzene rings is 1. The van der Waals surface area contributed by atoms with Gasteiger partial charge in [0.15, 0.2) is 9.84 Å². The van der Waals surface area contributed by atoms with Crippen molar-refractivity contribution in [3.8, 4) is 0 Å². The Balaban J connectivity index is 1.76. The summed E-state index contributed by atoms with van der Waals surface area (Å²) < 4.78 is 22.4. The van der Waals surface area contributed by atoms with E-state index in [9.17, 15) is 8.42 Å². The van der Waals surface area contributed by atoms with E-state index in [0.717, 1.165) is 30.1 Å². The normalized spacial score (nSPS) is 18.1. The summed E-state index contributed by atoms with van der Waals surface area (Å²) in [5, 5.41) is 8.46. The molecule has 1 aliphatic heterocycles. The molecule has 0 spiro atoms. The number of azo groups is 1. The molecule has 1 aliphatic rings. The van der Waals surface area contributed by atoms with E-state index in [-0.39, 0.29) is 5.75 Å². The van der Waals surface area contributed by atoms with E-state index in [1.807, 2.05) is 12.1 Å². The van der Waals surface area contributed by atoms with Crippen molar-refractivity contribution in [1.82, 2.24) is 4.90 Å². The van der Waals surface area contributed by atoms with Gasteiger partial charge >= 0.3 is 0 Å². The number of rotatable bonds is 6. The van der Waals surface area contributed by atoms with E-state index in [1.165, 1.54) is 32.2 Å². The van der Waals surface area contributed by atoms with E-state index < -0.39 is 9.84 Å². The van der Waals surface area contributed by atoms with E-state index in [1.54, 1.807) is 12.1 Å². The second-order valence-corrected chi connectivity index (χ2v) is 8.38. The van der Waals surface area contributed by atoms with Gasteiger partial charge in [0.05, 0.1) is 18.0 Å². The van der Waals surface area contributed by atoms with Gasteiger partial charge in [-0.3, -0.25) is 0 Å². The van der Waals surface area contributed by atoms with Crippen molar-refractivity contribution in [3.05, 3.63) is 29.8 Å². The number of nitrogens with zero attached hydrogens (tertiary/aromatic N) is 3.